The summed E-state index contributed by atoms with van der Waals surface area (Å²) in [5.74, 6) is 0. The van der Waals surface area contributed by atoms with Gasteiger partial charge >= 0.3 is 0 Å². The van der Waals surface area contributed by atoms with Gasteiger partial charge in [0.05, 0.1) is 18.7 Å². The van der Waals surface area contributed by atoms with Crippen molar-refractivity contribution in [3.8, 4) is 11.3 Å². The largest absolute Gasteiger partial charge is 0.398 e. The second kappa shape index (κ2) is 5.84. The molecule has 0 saturated heterocycles. The molecule has 1 aromatic carbocycles. The highest BCUT2D eigenvalue weighted by Gasteiger charge is 2.25. The van der Waals surface area contributed by atoms with E-state index in [1.54, 1.807) is 18.0 Å². The molecule has 0 amide bonds. The molecular formula is C16H17N5OS. The van der Waals surface area contributed by atoms with E-state index in [0.717, 1.165) is 50.7 Å². The molecule has 3 heterocycles. The second-order valence-corrected chi connectivity index (χ2v) is 6.45. The molecule has 118 valence electrons. The van der Waals surface area contributed by atoms with E-state index in [1.165, 1.54) is 0 Å². The quantitative estimate of drug-likeness (QED) is 0.382. The SMILES string of the molecule is Nc1ccc2c3c(nn2CCNCCO)-c2ccncc2Sc13. The minimum absolute atomic E-state index is 0.142. The van der Waals surface area contributed by atoms with E-state index in [-0.39, 0.29) is 6.61 Å². The zero-order valence-electron chi connectivity index (χ0n) is 12.5. The summed E-state index contributed by atoms with van der Waals surface area (Å²) < 4.78 is 2.01. The third-order valence-electron chi connectivity index (χ3n) is 3.94. The van der Waals surface area contributed by atoms with Crippen molar-refractivity contribution >= 4 is 28.4 Å². The maximum atomic E-state index is 8.85. The van der Waals surface area contributed by atoms with Crippen molar-refractivity contribution in [2.75, 3.05) is 25.4 Å². The molecule has 2 aromatic heterocycles. The van der Waals surface area contributed by atoms with Crippen LogP contribution in [0.1, 0.15) is 0 Å². The lowest BCUT2D eigenvalue weighted by molar-refractivity contribution is 0.291. The summed E-state index contributed by atoms with van der Waals surface area (Å²) in [6, 6.07) is 5.98. The van der Waals surface area contributed by atoms with Crippen LogP contribution in [0.3, 0.4) is 0 Å². The van der Waals surface area contributed by atoms with E-state index in [1.807, 2.05) is 29.1 Å². The van der Waals surface area contributed by atoms with Gasteiger partial charge in [0.15, 0.2) is 0 Å². The fourth-order valence-electron chi connectivity index (χ4n) is 2.88. The Hall–Kier alpha value is -2.09. The highest BCUT2D eigenvalue weighted by molar-refractivity contribution is 8.00. The Morgan fingerprint density at radius 2 is 2.17 bits per heavy atom. The topological polar surface area (TPSA) is 89.0 Å². The predicted octanol–water partition coefficient (Wildman–Crippen LogP) is 1.73. The number of aliphatic hydroxyl groups excluding tert-OH is 1. The van der Waals surface area contributed by atoms with Gasteiger partial charge in [-0.05, 0) is 18.2 Å². The van der Waals surface area contributed by atoms with Crippen LogP contribution >= 0.6 is 11.8 Å². The fourth-order valence-corrected chi connectivity index (χ4v) is 3.98. The van der Waals surface area contributed by atoms with Crippen LogP contribution in [0.5, 0.6) is 0 Å². The average Bonchev–Trinajstić information content (AvgIpc) is 2.95. The molecule has 23 heavy (non-hydrogen) atoms. The Bertz CT molecular complexity index is 876. The molecule has 0 atom stereocenters. The normalized spacial score (nSPS) is 12.6. The van der Waals surface area contributed by atoms with Crippen LogP contribution in [0, 0.1) is 0 Å². The molecule has 0 bridgehead atoms. The lowest BCUT2D eigenvalue weighted by atomic mass is 10.1. The van der Waals surface area contributed by atoms with Gasteiger partial charge in [-0.1, -0.05) is 11.8 Å². The average molecular weight is 327 g/mol. The summed E-state index contributed by atoms with van der Waals surface area (Å²) in [4.78, 5) is 6.36. The number of nitrogens with zero attached hydrogens (tertiary/aromatic N) is 3. The first-order valence-corrected chi connectivity index (χ1v) is 8.34. The minimum atomic E-state index is 0.142. The van der Waals surface area contributed by atoms with E-state index in [2.05, 4.69) is 10.3 Å². The number of hydrogen-bond donors (Lipinski definition) is 3. The van der Waals surface area contributed by atoms with Gasteiger partial charge in [0, 0.05) is 51.9 Å². The van der Waals surface area contributed by atoms with Crippen molar-refractivity contribution in [3.05, 3.63) is 30.6 Å². The van der Waals surface area contributed by atoms with E-state index in [0.29, 0.717) is 6.54 Å². The van der Waals surface area contributed by atoms with Crippen molar-refractivity contribution in [1.29, 1.82) is 0 Å². The van der Waals surface area contributed by atoms with Gasteiger partial charge in [0.2, 0.25) is 0 Å². The van der Waals surface area contributed by atoms with Gasteiger partial charge in [-0.15, -0.1) is 0 Å². The molecule has 0 radical (unpaired) electrons. The van der Waals surface area contributed by atoms with Gasteiger partial charge in [-0.25, -0.2) is 0 Å². The second-order valence-electron chi connectivity index (χ2n) is 5.40. The maximum absolute atomic E-state index is 8.85. The third kappa shape index (κ3) is 2.37. The van der Waals surface area contributed by atoms with Gasteiger partial charge in [-0.2, -0.15) is 5.10 Å². The maximum Gasteiger partial charge on any atom is 0.103 e. The van der Waals surface area contributed by atoms with E-state index in [4.69, 9.17) is 15.9 Å². The number of fused-ring (bicyclic) bond motifs is 2. The molecule has 0 saturated carbocycles. The molecule has 6 nitrogen and oxygen atoms in total. The molecule has 1 aliphatic rings. The van der Waals surface area contributed by atoms with Crippen molar-refractivity contribution in [3.63, 3.8) is 0 Å². The minimum Gasteiger partial charge on any atom is -0.398 e. The summed E-state index contributed by atoms with van der Waals surface area (Å²) >= 11 is 1.66. The van der Waals surface area contributed by atoms with Crippen LogP contribution in [-0.4, -0.2) is 39.6 Å². The molecule has 4 N–H and O–H groups in total. The summed E-state index contributed by atoms with van der Waals surface area (Å²) in [6.45, 7) is 2.23. The number of hydrogen-bond acceptors (Lipinski definition) is 6. The summed E-state index contributed by atoms with van der Waals surface area (Å²) in [7, 11) is 0. The highest BCUT2D eigenvalue weighted by atomic mass is 32.2. The van der Waals surface area contributed by atoms with Crippen LogP contribution in [0.25, 0.3) is 22.2 Å². The number of nitrogens with one attached hydrogen (secondary N) is 1. The molecular weight excluding hydrogens is 310 g/mol. The number of aliphatic hydroxyl groups is 1. The summed E-state index contributed by atoms with van der Waals surface area (Å²) in [5.41, 5.74) is 10.1. The Labute approximate surface area is 137 Å². The number of rotatable bonds is 5. The van der Waals surface area contributed by atoms with Crippen LogP contribution in [0.15, 0.2) is 40.4 Å². The van der Waals surface area contributed by atoms with E-state index < -0.39 is 0 Å². The number of benzene rings is 1. The van der Waals surface area contributed by atoms with Crippen molar-refractivity contribution in [2.24, 2.45) is 0 Å². The van der Waals surface area contributed by atoms with Gasteiger partial charge < -0.3 is 16.2 Å². The van der Waals surface area contributed by atoms with Crippen LogP contribution in [0.4, 0.5) is 5.69 Å². The zero-order chi connectivity index (χ0) is 15.8. The number of pyridine rings is 1. The first kappa shape index (κ1) is 14.5. The van der Waals surface area contributed by atoms with Crippen LogP contribution in [0.2, 0.25) is 0 Å². The molecule has 4 rings (SSSR count). The van der Waals surface area contributed by atoms with Gasteiger partial charge in [0.25, 0.3) is 0 Å². The zero-order valence-corrected chi connectivity index (χ0v) is 13.3. The Kier molecular flexibility index (Phi) is 3.68. The number of nitrogens with two attached hydrogens (primary N) is 1. The van der Waals surface area contributed by atoms with Crippen molar-refractivity contribution < 1.29 is 5.11 Å². The molecule has 0 aliphatic carbocycles. The van der Waals surface area contributed by atoms with Crippen LogP contribution < -0.4 is 11.1 Å². The lowest BCUT2D eigenvalue weighted by Gasteiger charge is -2.15. The van der Waals surface area contributed by atoms with Crippen molar-refractivity contribution in [1.82, 2.24) is 20.1 Å². The van der Waals surface area contributed by atoms with Gasteiger partial charge in [-0.3, -0.25) is 9.67 Å². The number of anilines is 1. The molecule has 3 aromatic rings. The monoisotopic (exact) mass is 327 g/mol. The summed E-state index contributed by atoms with van der Waals surface area (Å²) in [5, 5.41) is 18.0. The Balaban J connectivity index is 1.83. The first-order chi connectivity index (χ1) is 11.3. The smallest absolute Gasteiger partial charge is 0.103 e. The summed E-state index contributed by atoms with van der Waals surface area (Å²) in [6.07, 6.45) is 3.66. The molecule has 0 spiro atoms. The van der Waals surface area contributed by atoms with Gasteiger partial charge in [0.1, 0.15) is 5.69 Å². The first-order valence-electron chi connectivity index (χ1n) is 7.52. The predicted molar refractivity (Wildman–Crippen MR) is 91.5 cm³/mol. The van der Waals surface area contributed by atoms with E-state index >= 15 is 0 Å². The third-order valence-corrected chi connectivity index (χ3v) is 5.13. The van der Waals surface area contributed by atoms with E-state index in [9.17, 15) is 0 Å². The Morgan fingerprint density at radius 1 is 1.26 bits per heavy atom. The number of nitrogen functional groups attached to an aromatic ring is 1. The van der Waals surface area contributed by atoms with Crippen molar-refractivity contribution in [2.45, 2.75) is 16.3 Å². The molecule has 0 fully saturated rings. The van der Waals surface area contributed by atoms with Crippen LogP contribution in [-0.2, 0) is 6.54 Å². The molecule has 1 aliphatic heterocycles. The molecule has 7 heteroatoms. The number of aromatic nitrogens is 3. The highest BCUT2D eigenvalue weighted by Crippen LogP contribution is 2.49. The Morgan fingerprint density at radius 3 is 3.04 bits per heavy atom. The standard InChI is InChI=1S/C16H17N5OS/c17-11-1-2-12-14-15(20-21(12)7-5-18-6-8-22)10-3-4-19-9-13(10)23-16(11)14/h1-4,9,18,22H,5-8,17H2. The molecule has 0 unspecified atom stereocenters. The lowest BCUT2D eigenvalue weighted by Crippen LogP contribution is -2.23. The fraction of sp³-hybridized carbons (Fsp3) is 0.250.